The van der Waals surface area contributed by atoms with Gasteiger partial charge in [-0.3, -0.25) is 0 Å². The van der Waals surface area contributed by atoms with Crippen LogP contribution in [-0.4, -0.2) is 39.4 Å². The highest BCUT2D eigenvalue weighted by Gasteiger charge is 2.09. The second-order valence-electron chi connectivity index (χ2n) is 3.69. The average molecular weight is 255 g/mol. The number of thioether (sulfide) groups is 1. The Balaban J connectivity index is 2.53. The van der Waals surface area contributed by atoms with Gasteiger partial charge in [0.1, 0.15) is 5.75 Å². The van der Waals surface area contributed by atoms with Crippen LogP contribution >= 0.6 is 11.8 Å². The summed E-state index contributed by atoms with van der Waals surface area (Å²) in [6, 6.07) is 8.55. The Hall–Kier alpha value is -0.710. The van der Waals surface area contributed by atoms with Gasteiger partial charge in [0.25, 0.3) is 0 Å². The molecule has 0 aliphatic heterocycles. The van der Waals surface area contributed by atoms with Crippen LogP contribution in [0.25, 0.3) is 0 Å². The van der Waals surface area contributed by atoms with Crippen LogP contribution in [0.15, 0.2) is 24.3 Å². The van der Waals surface area contributed by atoms with E-state index < -0.39 is 0 Å². The molecule has 1 atom stereocenters. The maximum atomic E-state index is 5.24. The lowest BCUT2D eigenvalue weighted by Crippen LogP contribution is -2.19. The lowest BCUT2D eigenvalue weighted by molar-refractivity contribution is 0.218. The predicted molar refractivity (Wildman–Crippen MR) is 74.0 cm³/mol. The molecule has 96 valence electrons. The monoisotopic (exact) mass is 255 g/mol. The summed E-state index contributed by atoms with van der Waals surface area (Å²) >= 11 is 1.89. The van der Waals surface area contributed by atoms with Gasteiger partial charge in [0.05, 0.1) is 13.7 Å². The summed E-state index contributed by atoms with van der Waals surface area (Å²) < 4.78 is 10.3. The van der Waals surface area contributed by atoms with Gasteiger partial charge in [0, 0.05) is 24.7 Å². The Labute approximate surface area is 108 Å². The molecule has 0 aliphatic carbocycles. The highest BCUT2D eigenvalue weighted by molar-refractivity contribution is 7.99. The smallest absolute Gasteiger partial charge is 0.119 e. The largest absolute Gasteiger partial charge is 0.497 e. The lowest BCUT2D eigenvalue weighted by Gasteiger charge is -2.17. The van der Waals surface area contributed by atoms with Gasteiger partial charge in [-0.05, 0) is 24.7 Å². The number of benzene rings is 1. The standard InChI is InChI=1S/C13H21NO2S/c1-14-13(10-17-8-7-15-2)11-5-4-6-12(9-11)16-3/h4-6,9,13-14H,7-8,10H2,1-3H3. The highest BCUT2D eigenvalue weighted by atomic mass is 32.2. The summed E-state index contributed by atoms with van der Waals surface area (Å²) in [7, 11) is 5.42. The van der Waals surface area contributed by atoms with Gasteiger partial charge in [-0.1, -0.05) is 12.1 Å². The van der Waals surface area contributed by atoms with Gasteiger partial charge < -0.3 is 14.8 Å². The molecule has 1 aromatic carbocycles. The van der Waals surface area contributed by atoms with Gasteiger partial charge >= 0.3 is 0 Å². The van der Waals surface area contributed by atoms with E-state index in [0.717, 1.165) is 23.9 Å². The van der Waals surface area contributed by atoms with Crippen LogP contribution in [0.2, 0.25) is 0 Å². The van der Waals surface area contributed by atoms with Crippen LogP contribution in [0, 0.1) is 0 Å². The zero-order valence-electron chi connectivity index (χ0n) is 10.7. The predicted octanol–water partition coefficient (Wildman–Crippen LogP) is 2.34. The number of hydrogen-bond acceptors (Lipinski definition) is 4. The fourth-order valence-corrected chi connectivity index (χ4v) is 2.59. The fourth-order valence-electron chi connectivity index (χ4n) is 1.55. The first-order valence-corrected chi connectivity index (χ1v) is 6.85. The molecule has 0 amide bonds. The van der Waals surface area contributed by atoms with E-state index >= 15 is 0 Å². The first kappa shape index (κ1) is 14.4. The summed E-state index contributed by atoms with van der Waals surface area (Å²) in [5, 5.41) is 3.33. The molecule has 4 heteroatoms. The SMILES string of the molecule is CNC(CSCCOC)c1cccc(OC)c1. The van der Waals surface area contributed by atoms with Crippen LogP contribution < -0.4 is 10.1 Å². The summed E-state index contributed by atoms with van der Waals surface area (Å²) in [5.41, 5.74) is 1.26. The van der Waals surface area contributed by atoms with E-state index in [1.165, 1.54) is 5.56 Å². The van der Waals surface area contributed by atoms with E-state index in [4.69, 9.17) is 9.47 Å². The van der Waals surface area contributed by atoms with E-state index in [0.29, 0.717) is 6.04 Å². The zero-order valence-corrected chi connectivity index (χ0v) is 11.5. The Kier molecular flexibility index (Phi) is 7.08. The van der Waals surface area contributed by atoms with E-state index in [1.54, 1.807) is 14.2 Å². The van der Waals surface area contributed by atoms with Gasteiger partial charge in [-0.15, -0.1) is 0 Å². The minimum atomic E-state index is 0.354. The van der Waals surface area contributed by atoms with Crippen LogP contribution in [-0.2, 0) is 4.74 Å². The molecule has 0 saturated heterocycles. The molecule has 0 aromatic heterocycles. The van der Waals surface area contributed by atoms with Crippen molar-refractivity contribution in [2.75, 3.05) is 39.4 Å². The quantitative estimate of drug-likeness (QED) is 0.722. The number of nitrogens with one attached hydrogen (secondary N) is 1. The molecule has 0 saturated carbocycles. The molecule has 0 fully saturated rings. The van der Waals surface area contributed by atoms with Crippen molar-refractivity contribution >= 4 is 11.8 Å². The van der Waals surface area contributed by atoms with Gasteiger partial charge in [-0.25, -0.2) is 0 Å². The van der Waals surface area contributed by atoms with E-state index in [2.05, 4.69) is 17.4 Å². The molecule has 0 radical (unpaired) electrons. The molecular formula is C13H21NO2S. The third kappa shape index (κ3) is 4.98. The molecule has 0 bridgehead atoms. The molecule has 1 N–H and O–H groups in total. The second-order valence-corrected chi connectivity index (χ2v) is 4.84. The fraction of sp³-hybridized carbons (Fsp3) is 0.538. The molecule has 3 nitrogen and oxygen atoms in total. The molecule has 0 aliphatic rings. The van der Waals surface area contributed by atoms with E-state index in [-0.39, 0.29) is 0 Å². The summed E-state index contributed by atoms with van der Waals surface area (Å²) in [5.74, 6) is 2.97. The highest BCUT2D eigenvalue weighted by Crippen LogP contribution is 2.22. The summed E-state index contributed by atoms with van der Waals surface area (Å²) in [4.78, 5) is 0. The minimum absolute atomic E-state index is 0.354. The Morgan fingerprint density at radius 1 is 1.35 bits per heavy atom. The Bertz CT molecular complexity index is 320. The molecule has 0 heterocycles. The molecule has 0 spiro atoms. The van der Waals surface area contributed by atoms with Crippen molar-refractivity contribution in [3.8, 4) is 5.75 Å². The van der Waals surface area contributed by atoms with Crippen LogP contribution in [0.4, 0.5) is 0 Å². The second kappa shape index (κ2) is 8.39. The summed E-state index contributed by atoms with van der Waals surface area (Å²) in [6.07, 6.45) is 0. The Morgan fingerprint density at radius 2 is 2.18 bits per heavy atom. The average Bonchev–Trinajstić information content (AvgIpc) is 2.39. The molecule has 1 aromatic rings. The first-order chi connectivity index (χ1) is 8.31. The van der Waals surface area contributed by atoms with Crippen molar-refractivity contribution < 1.29 is 9.47 Å². The third-order valence-electron chi connectivity index (χ3n) is 2.56. The number of methoxy groups -OCH3 is 2. The first-order valence-electron chi connectivity index (χ1n) is 5.69. The Morgan fingerprint density at radius 3 is 2.82 bits per heavy atom. The van der Waals surface area contributed by atoms with Crippen molar-refractivity contribution in [3.05, 3.63) is 29.8 Å². The van der Waals surface area contributed by atoms with Crippen molar-refractivity contribution in [3.63, 3.8) is 0 Å². The van der Waals surface area contributed by atoms with Crippen LogP contribution in [0.1, 0.15) is 11.6 Å². The van der Waals surface area contributed by atoms with Gasteiger partial charge in [0.2, 0.25) is 0 Å². The topological polar surface area (TPSA) is 30.5 Å². The van der Waals surface area contributed by atoms with Crippen LogP contribution in [0.5, 0.6) is 5.75 Å². The molecular weight excluding hydrogens is 234 g/mol. The van der Waals surface area contributed by atoms with Gasteiger partial charge in [-0.2, -0.15) is 11.8 Å². The van der Waals surface area contributed by atoms with Gasteiger partial charge in [0.15, 0.2) is 0 Å². The molecule has 1 rings (SSSR count). The number of ether oxygens (including phenoxy) is 2. The maximum Gasteiger partial charge on any atom is 0.119 e. The van der Waals surface area contributed by atoms with Crippen molar-refractivity contribution in [2.24, 2.45) is 0 Å². The molecule has 1 unspecified atom stereocenters. The lowest BCUT2D eigenvalue weighted by atomic mass is 10.1. The van der Waals surface area contributed by atoms with E-state index in [9.17, 15) is 0 Å². The molecule has 17 heavy (non-hydrogen) atoms. The van der Waals surface area contributed by atoms with Crippen molar-refractivity contribution in [1.29, 1.82) is 0 Å². The number of hydrogen-bond donors (Lipinski definition) is 1. The summed E-state index contributed by atoms with van der Waals surface area (Å²) in [6.45, 7) is 0.805. The van der Waals surface area contributed by atoms with Crippen LogP contribution in [0.3, 0.4) is 0 Å². The maximum absolute atomic E-state index is 5.24. The minimum Gasteiger partial charge on any atom is -0.497 e. The zero-order chi connectivity index (χ0) is 12.5. The normalized spacial score (nSPS) is 12.4. The van der Waals surface area contributed by atoms with E-state index in [1.807, 2.05) is 30.9 Å². The van der Waals surface area contributed by atoms with Crippen molar-refractivity contribution in [2.45, 2.75) is 6.04 Å². The number of rotatable bonds is 8. The van der Waals surface area contributed by atoms with Crippen molar-refractivity contribution in [1.82, 2.24) is 5.32 Å². The third-order valence-corrected chi connectivity index (χ3v) is 3.59.